The van der Waals surface area contributed by atoms with Crippen molar-refractivity contribution in [3.05, 3.63) is 33.8 Å². The minimum absolute atomic E-state index is 0.115. The summed E-state index contributed by atoms with van der Waals surface area (Å²) < 4.78 is 2.49. The topological polar surface area (TPSA) is 57.9 Å². The number of carboxylic acid groups (broad SMARTS) is 1. The summed E-state index contributed by atoms with van der Waals surface area (Å²) in [4.78, 5) is 10.6. The second kappa shape index (κ2) is 4.28. The fourth-order valence-electron chi connectivity index (χ4n) is 1.16. The first-order valence-corrected chi connectivity index (χ1v) is 5.80. The van der Waals surface area contributed by atoms with Crippen molar-refractivity contribution in [2.75, 3.05) is 0 Å². The van der Waals surface area contributed by atoms with Gasteiger partial charge in [-0.05, 0) is 22.0 Å². The Morgan fingerprint density at radius 3 is 2.50 bits per heavy atom. The smallest absolute Gasteiger partial charge is 0.0904 e. The minimum atomic E-state index is -1.21. The number of carbonyl (C=O) groups excluding carboxylic acids is 1. The van der Waals surface area contributed by atoms with Crippen LogP contribution in [0.2, 0.25) is 0 Å². The first-order valence-electron chi connectivity index (χ1n) is 4.17. The van der Waals surface area contributed by atoms with Gasteiger partial charge in [-0.2, -0.15) is 5.10 Å². The van der Waals surface area contributed by atoms with Gasteiger partial charge in [-0.1, -0.05) is 24.4 Å². The van der Waals surface area contributed by atoms with Crippen LogP contribution in [0.15, 0.2) is 28.6 Å². The number of carboxylic acids is 1. The summed E-state index contributed by atoms with van der Waals surface area (Å²) in [5, 5.41) is 14.6. The molecule has 1 aromatic heterocycles. The zero-order chi connectivity index (χ0) is 11.7. The van der Waals surface area contributed by atoms with Crippen LogP contribution in [0.25, 0.3) is 5.69 Å². The van der Waals surface area contributed by atoms with Crippen molar-refractivity contribution in [2.24, 2.45) is 0 Å². The Balaban J connectivity index is 2.46. The number of benzene rings is 1. The van der Waals surface area contributed by atoms with E-state index < -0.39 is 5.97 Å². The molecule has 16 heavy (non-hydrogen) atoms. The van der Waals surface area contributed by atoms with E-state index in [1.165, 1.54) is 28.2 Å². The normalized spacial score (nSPS) is 10.2. The van der Waals surface area contributed by atoms with Crippen molar-refractivity contribution in [2.45, 2.75) is 4.34 Å². The standard InChI is InChI=1S/C9H6N2O2S3/c12-7(13)5-1-3-6(4-2-5)11-9(15)16-8(14)10-11/h1-4H,(H,10,14)(H,12,13)/p-2. The molecular weight excluding hydrogens is 264 g/mol. The third kappa shape index (κ3) is 2.11. The number of nitrogens with zero attached hydrogens (tertiary/aromatic N) is 2. The molecule has 0 aliphatic heterocycles. The largest absolute Gasteiger partial charge is 0.545 e. The number of hydrogen-bond donors (Lipinski definition) is 0. The summed E-state index contributed by atoms with van der Waals surface area (Å²) >= 11 is 11.2. The predicted octanol–water partition coefficient (Wildman–Crippen LogP) is 0.933. The molecule has 0 saturated carbocycles. The molecule has 0 bridgehead atoms. The van der Waals surface area contributed by atoms with Crippen LogP contribution in [0, 0.1) is 3.95 Å². The SMILES string of the molecule is O=C([O-])c1ccc(-n2nc([S-])sc2=S)cc1. The molecule has 0 saturated heterocycles. The molecule has 0 N–H and O–H groups in total. The third-order valence-corrected chi connectivity index (χ3v) is 3.24. The first-order chi connectivity index (χ1) is 7.58. The second-order valence-electron chi connectivity index (χ2n) is 2.88. The van der Waals surface area contributed by atoms with E-state index in [2.05, 4.69) is 5.10 Å². The highest BCUT2D eigenvalue weighted by atomic mass is 32.2. The second-order valence-corrected chi connectivity index (χ2v) is 5.15. The molecule has 2 rings (SSSR count). The Morgan fingerprint density at radius 1 is 1.44 bits per heavy atom. The van der Waals surface area contributed by atoms with Gasteiger partial charge in [-0.25, -0.2) is 4.68 Å². The lowest BCUT2D eigenvalue weighted by atomic mass is 10.2. The molecule has 2 aromatic rings. The zero-order valence-electron chi connectivity index (χ0n) is 7.75. The molecule has 1 heterocycles. The summed E-state index contributed by atoms with van der Waals surface area (Å²) in [5.74, 6) is -1.21. The highest BCUT2D eigenvalue weighted by molar-refractivity contribution is 7.74. The van der Waals surface area contributed by atoms with Gasteiger partial charge in [0.25, 0.3) is 0 Å². The van der Waals surface area contributed by atoms with Crippen LogP contribution < -0.4 is 5.11 Å². The Hall–Kier alpha value is -1.31. The molecule has 0 amide bonds. The van der Waals surface area contributed by atoms with Crippen molar-refractivity contribution < 1.29 is 9.90 Å². The van der Waals surface area contributed by atoms with Crippen LogP contribution in [-0.4, -0.2) is 15.7 Å². The fraction of sp³-hybridized carbons (Fsp3) is 0. The molecule has 0 aliphatic carbocycles. The van der Waals surface area contributed by atoms with E-state index >= 15 is 0 Å². The van der Waals surface area contributed by atoms with Gasteiger partial charge in [0.1, 0.15) is 0 Å². The maximum Gasteiger partial charge on any atom is 0.0904 e. The van der Waals surface area contributed by atoms with E-state index in [0.717, 1.165) is 0 Å². The van der Waals surface area contributed by atoms with Crippen LogP contribution in [-0.2, 0) is 12.6 Å². The summed E-state index contributed by atoms with van der Waals surface area (Å²) in [7, 11) is 0. The average Bonchev–Trinajstić information content (AvgIpc) is 2.58. The van der Waals surface area contributed by atoms with Crippen LogP contribution in [0.1, 0.15) is 10.4 Å². The van der Waals surface area contributed by atoms with Gasteiger partial charge < -0.3 is 33.9 Å². The molecule has 0 spiro atoms. The Labute approximate surface area is 106 Å². The summed E-state index contributed by atoms with van der Waals surface area (Å²) in [6.45, 7) is 0. The minimum Gasteiger partial charge on any atom is -0.545 e. The molecule has 7 heteroatoms. The number of aromatic nitrogens is 2. The molecule has 4 nitrogen and oxygen atoms in total. The lowest BCUT2D eigenvalue weighted by Crippen LogP contribution is -2.22. The summed E-state index contributed by atoms with van der Waals surface area (Å²) in [5.41, 5.74) is 0.798. The highest BCUT2D eigenvalue weighted by Gasteiger charge is 1.98. The molecule has 0 radical (unpaired) electrons. The molecule has 1 aromatic carbocycles. The van der Waals surface area contributed by atoms with E-state index in [4.69, 9.17) is 24.8 Å². The average molecular weight is 268 g/mol. The van der Waals surface area contributed by atoms with Crippen LogP contribution in [0.4, 0.5) is 0 Å². The van der Waals surface area contributed by atoms with E-state index in [0.29, 0.717) is 14.0 Å². The lowest BCUT2D eigenvalue weighted by Gasteiger charge is -2.05. The molecule has 0 aliphatic rings. The Bertz CT molecular complexity index is 586. The van der Waals surface area contributed by atoms with Crippen LogP contribution >= 0.6 is 23.6 Å². The molecule has 0 atom stereocenters. The third-order valence-electron chi connectivity index (χ3n) is 1.88. The van der Waals surface area contributed by atoms with Crippen molar-refractivity contribution in [3.8, 4) is 5.69 Å². The van der Waals surface area contributed by atoms with Crippen LogP contribution in [0.5, 0.6) is 0 Å². The number of rotatable bonds is 2. The Morgan fingerprint density at radius 2 is 2.06 bits per heavy atom. The molecule has 82 valence electrons. The fourth-order valence-corrected chi connectivity index (χ4v) is 2.53. The van der Waals surface area contributed by atoms with Gasteiger partial charge >= 0.3 is 0 Å². The molecular formula is C9H4N2O2S3-2. The van der Waals surface area contributed by atoms with Gasteiger partial charge in [-0.3, -0.25) is 0 Å². The van der Waals surface area contributed by atoms with Gasteiger partial charge in [-0.15, -0.1) is 0 Å². The molecule has 0 fully saturated rings. The monoisotopic (exact) mass is 268 g/mol. The summed E-state index contributed by atoms with van der Waals surface area (Å²) in [6.07, 6.45) is 0. The van der Waals surface area contributed by atoms with Crippen LogP contribution in [0.3, 0.4) is 0 Å². The number of aromatic carboxylic acids is 1. The zero-order valence-corrected chi connectivity index (χ0v) is 10.2. The highest BCUT2D eigenvalue weighted by Crippen LogP contribution is 2.14. The summed E-state index contributed by atoms with van der Waals surface area (Å²) in [6, 6.07) is 6.09. The van der Waals surface area contributed by atoms with Gasteiger partial charge in [0.15, 0.2) is 0 Å². The maximum atomic E-state index is 10.6. The van der Waals surface area contributed by atoms with Crippen molar-refractivity contribution in [1.82, 2.24) is 9.78 Å². The quantitative estimate of drug-likeness (QED) is 0.599. The first kappa shape index (κ1) is 11.2. The van der Waals surface area contributed by atoms with Crippen molar-refractivity contribution in [1.29, 1.82) is 0 Å². The van der Waals surface area contributed by atoms with Crippen molar-refractivity contribution in [3.63, 3.8) is 0 Å². The predicted molar refractivity (Wildman–Crippen MR) is 62.2 cm³/mol. The van der Waals surface area contributed by atoms with E-state index in [-0.39, 0.29) is 5.56 Å². The van der Waals surface area contributed by atoms with E-state index in [1.807, 2.05) is 0 Å². The van der Waals surface area contributed by atoms with Gasteiger partial charge in [0, 0.05) is 0 Å². The number of carbonyl (C=O) groups is 1. The van der Waals surface area contributed by atoms with E-state index in [1.54, 1.807) is 12.1 Å². The van der Waals surface area contributed by atoms with Gasteiger partial charge in [0.2, 0.25) is 0 Å². The molecule has 0 unspecified atom stereocenters. The van der Waals surface area contributed by atoms with Crippen molar-refractivity contribution >= 4 is 42.2 Å². The maximum absolute atomic E-state index is 10.6. The van der Waals surface area contributed by atoms with E-state index in [9.17, 15) is 9.90 Å². The lowest BCUT2D eigenvalue weighted by molar-refractivity contribution is -0.255. The number of hydrogen-bond acceptors (Lipinski definition) is 6. The van der Waals surface area contributed by atoms with Gasteiger partial charge in [0.05, 0.1) is 15.6 Å². The Kier molecular flexibility index (Phi) is 2.99.